The van der Waals surface area contributed by atoms with Gasteiger partial charge in [-0.25, -0.2) is 0 Å². The lowest BCUT2D eigenvalue weighted by Gasteiger charge is -2.60. The van der Waals surface area contributed by atoms with Crippen LogP contribution < -0.4 is 9.47 Å². The van der Waals surface area contributed by atoms with Gasteiger partial charge < -0.3 is 19.5 Å². The van der Waals surface area contributed by atoms with Crippen LogP contribution in [0, 0.1) is 17.8 Å². The summed E-state index contributed by atoms with van der Waals surface area (Å²) in [5, 5.41) is 11.3. The van der Waals surface area contributed by atoms with E-state index in [0.717, 1.165) is 61.4 Å². The van der Waals surface area contributed by atoms with Gasteiger partial charge in [0.25, 0.3) is 0 Å². The van der Waals surface area contributed by atoms with E-state index in [1.807, 2.05) is 41.3 Å². The molecule has 0 aromatic heterocycles. The molecule has 1 amide bonds. The number of phenolic OH excluding ortho intramolecular Hbond substituents is 1. The van der Waals surface area contributed by atoms with Crippen molar-refractivity contribution in [2.24, 2.45) is 17.8 Å². The van der Waals surface area contributed by atoms with Gasteiger partial charge in [0.1, 0.15) is 11.9 Å². The SMILES string of the molecule is CC(=O)Oc1cc(O)c2c3c1C[C@@H]1[C@@H]4CC[C@@H](N(CC(C)C)C(=O)C=Cc5ccccc5)[C@H](O2)[C@]34CCN1CC1CC1. The molecule has 2 aromatic carbocycles. The Morgan fingerprint density at radius 1 is 1.19 bits per heavy atom. The first kappa shape index (κ1) is 27.5. The maximum Gasteiger partial charge on any atom is 0.308 e. The number of esters is 1. The van der Waals surface area contributed by atoms with Crippen LogP contribution in [0.1, 0.15) is 69.6 Å². The lowest BCUT2D eigenvalue weighted by Crippen LogP contribution is -2.69. The smallest absolute Gasteiger partial charge is 0.308 e. The molecule has 2 aromatic rings. The summed E-state index contributed by atoms with van der Waals surface area (Å²) in [6.45, 7) is 8.45. The maximum absolute atomic E-state index is 13.9. The normalized spacial score (nSPS) is 29.3. The van der Waals surface area contributed by atoms with Gasteiger partial charge in [0, 0.05) is 54.7 Å². The Balaban J connectivity index is 1.30. The molecule has 2 aliphatic heterocycles. The van der Waals surface area contributed by atoms with Gasteiger partial charge >= 0.3 is 5.97 Å². The number of hydrogen-bond acceptors (Lipinski definition) is 6. The number of amides is 1. The lowest BCUT2D eigenvalue weighted by atomic mass is 9.50. The number of nitrogens with zero attached hydrogens (tertiary/aromatic N) is 2. The maximum atomic E-state index is 13.9. The first-order valence-electron chi connectivity index (χ1n) is 15.8. The standard InChI is InChI=1S/C35H42N2O5/c1-21(2)19-37(31(40)14-11-23-7-5-4-6-8-23)27-13-12-26-28-17-25-30(41-22(3)38)18-29(39)33-32(25)35(26,34(27)42-33)15-16-36(28)20-24-9-10-24/h4-8,11,14,18,21,24,26-28,34,39H,9-10,12-13,15-17,19-20H2,1-3H3/t26-,27+,28+,34-,35-/m0/s1. The Morgan fingerprint density at radius 3 is 2.69 bits per heavy atom. The second kappa shape index (κ2) is 10.4. The first-order chi connectivity index (χ1) is 20.3. The Morgan fingerprint density at radius 2 is 1.98 bits per heavy atom. The number of hydrogen-bond donors (Lipinski definition) is 1. The summed E-state index contributed by atoms with van der Waals surface area (Å²) in [6, 6.07) is 11.7. The van der Waals surface area contributed by atoms with Crippen molar-refractivity contribution in [2.45, 2.75) is 82.9 Å². The summed E-state index contributed by atoms with van der Waals surface area (Å²) in [4.78, 5) is 30.8. The van der Waals surface area contributed by atoms with Crippen molar-refractivity contribution in [1.29, 1.82) is 0 Å². The Labute approximate surface area is 248 Å². The predicted octanol–water partition coefficient (Wildman–Crippen LogP) is 5.33. The van der Waals surface area contributed by atoms with E-state index in [4.69, 9.17) is 9.47 Å². The molecule has 222 valence electrons. The molecule has 5 atom stereocenters. The van der Waals surface area contributed by atoms with Gasteiger partial charge in [-0.05, 0) is 74.5 Å². The molecule has 7 heteroatoms. The van der Waals surface area contributed by atoms with Crippen molar-refractivity contribution < 1.29 is 24.2 Å². The van der Waals surface area contributed by atoms with Crippen LogP contribution in [-0.4, -0.2) is 64.6 Å². The van der Waals surface area contributed by atoms with Crippen LogP contribution >= 0.6 is 0 Å². The molecule has 2 heterocycles. The average Bonchev–Trinajstić information content (AvgIpc) is 3.71. The summed E-state index contributed by atoms with van der Waals surface area (Å²) < 4.78 is 12.6. The van der Waals surface area contributed by atoms with Crippen LogP contribution in [0.4, 0.5) is 0 Å². The molecular weight excluding hydrogens is 528 g/mol. The van der Waals surface area contributed by atoms with Crippen molar-refractivity contribution in [3.8, 4) is 17.2 Å². The summed E-state index contributed by atoms with van der Waals surface area (Å²) >= 11 is 0. The quantitative estimate of drug-likeness (QED) is 0.263. The fraction of sp³-hybridized carbons (Fsp3) is 0.543. The molecule has 3 fully saturated rings. The number of likely N-dealkylation sites (tertiary alicyclic amines) is 1. The van der Waals surface area contributed by atoms with Crippen molar-refractivity contribution in [1.82, 2.24) is 9.80 Å². The van der Waals surface area contributed by atoms with Crippen LogP contribution in [0.3, 0.4) is 0 Å². The van der Waals surface area contributed by atoms with Gasteiger partial charge in [-0.15, -0.1) is 0 Å². The summed E-state index contributed by atoms with van der Waals surface area (Å²) in [6.07, 6.45) is 9.52. The predicted molar refractivity (Wildman–Crippen MR) is 160 cm³/mol. The molecule has 1 saturated heterocycles. The summed E-state index contributed by atoms with van der Waals surface area (Å²) in [5.74, 6) is 2.06. The third-order valence-electron chi connectivity index (χ3n) is 10.4. The number of ether oxygens (including phenoxy) is 2. The second-order valence-corrected chi connectivity index (χ2v) is 13.6. The molecule has 1 N–H and O–H groups in total. The minimum Gasteiger partial charge on any atom is -0.504 e. The Bertz CT molecular complexity index is 1420. The minimum atomic E-state index is -0.388. The molecule has 1 spiro atoms. The fourth-order valence-corrected chi connectivity index (χ4v) is 8.68. The molecule has 2 bridgehead atoms. The number of phenols is 1. The molecular formula is C35H42N2O5. The molecule has 7 nitrogen and oxygen atoms in total. The van der Waals surface area contributed by atoms with E-state index in [0.29, 0.717) is 30.0 Å². The zero-order valence-corrected chi connectivity index (χ0v) is 24.9. The number of benzene rings is 2. The molecule has 7 rings (SSSR count). The van der Waals surface area contributed by atoms with Gasteiger partial charge in [0.2, 0.25) is 5.91 Å². The van der Waals surface area contributed by atoms with Crippen molar-refractivity contribution in [3.63, 3.8) is 0 Å². The minimum absolute atomic E-state index is 0.00413. The average molecular weight is 571 g/mol. The summed E-state index contributed by atoms with van der Waals surface area (Å²) in [5.41, 5.74) is 2.71. The van der Waals surface area contributed by atoms with Gasteiger partial charge in [0.05, 0.1) is 6.04 Å². The largest absolute Gasteiger partial charge is 0.504 e. The highest BCUT2D eigenvalue weighted by atomic mass is 16.5. The topological polar surface area (TPSA) is 79.3 Å². The van der Waals surface area contributed by atoms with E-state index in [-0.39, 0.29) is 41.1 Å². The van der Waals surface area contributed by atoms with Crippen LogP contribution in [0.2, 0.25) is 0 Å². The first-order valence-corrected chi connectivity index (χ1v) is 15.8. The monoisotopic (exact) mass is 570 g/mol. The van der Waals surface area contributed by atoms with Gasteiger partial charge in [0.15, 0.2) is 11.5 Å². The molecule has 2 saturated carbocycles. The highest BCUT2D eigenvalue weighted by Gasteiger charge is 2.67. The molecule has 42 heavy (non-hydrogen) atoms. The number of aromatic hydroxyl groups is 1. The number of carbonyl (C=O) groups is 2. The van der Waals surface area contributed by atoms with Gasteiger partial charge in [-0.1, -0.05) is 44.2 Å². The van der Waals surface area contributed by atoms with E-state index in [1.165, 1.54) is 19.8 Å². The molecule has 0 radical (unpaired) electrons. The van der Waals surface area contributed by atoms with Crippen LogP contribution in [0.5, 0.6) is 17.2 Å². The Kier molecular flexibility index (Phi) is 6.84. The molecule has 5 aliphatic rings. The van der Waals surface area contributed by atoms with Crippen molar-refractivity contribution in [2.75, 3.05) is 19.6 Å². The number of rotatable bonds is 8. The van der Waals surface area contributed by atoms with E-state index in [2.05, 4.69) is 18.7 Å². The zero-order valence-electron chi connectivity index (χ0n) is 24.9. The fourth-order valence-electron chi connectivity index (χ4n) is 8.68. The van der Waals surface area contributed by atoms with Crippen LogP contribution in [0.25, 0.3) is 6.08 Å². The highest BCUT2D eigenvalue weighted by Crippen LogP contribution is 2.66. The number of carbonyl (C=O) groups excluding carboxylic acids is 2. The van der Waals surface area contributed by atoms with Crippen molar-refractivity contribution in [3.05, 3.63) is 59.2 Å². The Hall–Kier alpha value is -3.32. The molecule has 3 aliphatic carbocycles. The van der Waals surface area contributed by atoms with Gasteiger partial charge in [-0.3, -0.25) is 14.5 Å². The third-order valence-corrected chi connectivity index (χ3v) is 10.4. The summed E-state index contributed by atoms with van der Waals surface area (Å²) in [7, 11) is 0. The van der Waals surface area contributed by atoms with E-state index in [1.54, 1.807) is 12.1 Å². The van der Waals surface area contributed by atoms with E-state index in [9.17, 15) is 14.7 Å². The van der Waals surface area contributed by atoms with Gasteiger partial charge in [-0.2, -0.15) is 0 Å². The highest BCUT2D eigenvalue weighted by molar-refractivity contribution is 5.92. The third kappa shape index (κ3) is 4.52. The second-order valence-electron chi connectivity index (χ2n) is 13.6. The van der Waals surface area contributed by atoms with E-state index < -0.39 is 0 Å². The van der Waals surface area contributed by atoms with Crippen LogP contribution in [-0.2, 0) is 21.4 Å². The molecule has 0 unspecified atom stereocenters. The zero-order chi connectivity index (χ0) is 29.2. The van der Waals surface area contributed by atoms with Crippen molar-refractivity contribution >= 4 is 18.0 Å². The number of piperidine rings is 1. The lowest BCUT2D eigenvalue weighted by molar-refractivity contribution is -0.139. The van der Waals surface area contributed by atoms with E-state index >= 15 is 0 Å². The van der Waals surface area contributed by atoms with Crippen LogP contribution in [0.15, 0.2) is 42.5 Å².